The van der Waals surface area contributed by atoms with E-state index in [-0.39, 0.29) is 6.61 Å². The smallest absolute Gasteiger partial charge is 0.112 e. The molecule has 1 saturated heterocycles. The van der Waals surface area contributed by atoms with Crippen LogP contribution in [0.1, 0.15) is 5.56 Å². The van der Waals surface area contributed by atoms with Crippen LogP contribution >= 0.6 is 0 Å². The molecule has 100 valence electrons. The lowest BCUT2D eigenvalue weighted by Crippen LogP contribution is -2.61. The maximum Gasteiger partial charge on any atom is 0.112 e. The third kappa shape index (κ3) is 3.07. The van der Waals surface area contributed by atoms with Gasteiger partial charge in [-0.3, -0.25) is 0 Å². The number of aliphatic hydroxyl groups is 3. The molecule has 0 aliphatic carbocycles. The molecule has 0 aromatic heterocycles. The number of ether oxygens (including phenoxy) is 1. The monoisotopic (exact) mass is 253 g/mol. The van der Waals surface area contributed by atoms with Crippen LogP contribution in [0.2, 0.25) is 0 Å². The van der Waals surface area contributed by atoms with E-state index < -0.39 is 24.4 Å². The van der Waals surface area contributed by atoms with E-state index in [4.69, 9.17) is 9.84 Å². The fourth-order valence-corrected chi connectivity index (χ4v) is 2.11. The zero-order chi connectivity index (χ0) is 13.0. The van der Waals surface area contributed by atoms with Crippen LogP contribution in [0, 0.1) is 0 Å². The van der Waals surface area contributed by atoms with Crippen LogP contribution < -0.4 is 5.32 Å². The highest BCUT2D eigenvalue weighted by Crippen LogP contribution is 2.16. The van der Waals surface area contributed by atoms with Gasteiger partial charge in [-0.15, -0.1) is 0 Å². The Labute approximate surface area is 106 Å². The zero-order valence-electron chi connectivity index (χ0n) is 10.1. The van der Waals surface area contributed by atoms with E-state index >= 15 is 0 Å². The molecule has 4 atom stereocenters. The minimum atomic E-state index is -0.914. The van der Waals surface area contributed by atoms with Gasteiger partial charge in [-0.05, 0) is 5.56 Å². The zero-order valence-corrected chi connectivity index (χ0v) is 10.1. The highest BCUT2D eigenvalue weighted by atomic mass is 16.5. The first-order valence-electron chi connectivity index (χ1n) is 6.08. The Bertz CT molecular complexity index is 359. The van der Waals surface area contributed by atoms with Gasteiger partial charge in [-0.1, -0.05) is 30.3 Å². The predicted octanol–water partition coefficient (Wildman–Crippen LogP) is -0.742. The van der Waals surface area contributed by atoms with Crippen LogP contribution in [0.25, 0.3) is 0 Å². The molecule has 1 heterocycles. The van der Waals surface area contributed by atoms with Crippen molar-refractivity contribution in [1.29, 1.82) is 0 Å². The molecule has 5 heteroatoms. The standard InChI is InChI=1S/C13H19NO4/c15-7-10-12(17)13(11(16)6-14-10)18-8-9-4-2-1-3-5-9/h1-5,10-17H,6-8H2/t10-,11-,12+,13+/m0/s1. The van der Waals surface area contributed by atoms with Crippen molar-refractivity contribution < 1.29 is 20.1 Å². The quantitative estimate of drug-likeness (QED) is 0.568. The number of β-amino-alcohol motifs (C(OH)–C–C–N with tert-alkyl or cyclic N) is 1. The van der Waals surface area contributed by atoms with Crippen molar-refractivity contribution in [3.8, 4) is 0 Å². The number of hydrogen-bond donors (Lipinski definition) is 4. The molecule has 1 aromatic carbocycles. The molecule has 5 nitrogen and oxygen atoms in total. The first-order chi connectivity index (χ1) is 8.72. The van der Waals surface area contributed by atoms with E-state index in [1.54, 1.807) is 0 Å². The van der Waals surface area contributed by atoms with E-state index in [0.29, 0.717) is 13.2 Å². The summed E-state index contributed by atoms with van der Waals surface area (Å²) in [6.07, 6.45) is -2.36. The SMILES string of the molecule is OC[C@@H]1NC[C@H](O)[C@@H](OCc2ccccc2)[C@@H]1O. The van der Waals surface area contributed by atoms with Crippen molar-refractivity contribution in [2.45, 2.75) is 31.0 Å². The lowest BCUT2D eigenvalue weighted by molar-refractivity contribution is -0.137. The van der Waals surface area contributed by atoms with Gasteiger partial charge in [0.15, 0.2) is 0 Å². The summed E-state index contributed by atoms with van der Waals surface area (Å²) >= 11 is 0. The molecule has 1 aliphatic heterocycles. The largest absolute Gasteiger partial charge is 0.395 e. The van der Waals surface area contributed by atoms with Gasteiger partial charge in [0, 0.05) is 6.54 Å². The molecule has 0 saturated carbocycles. The van der Waals surface area contributed by atoms with Gasteiger partial charge >= 0.3 is 0 Å². The Balaban J connectivity index is 1.94. The molecule has 4 N–H and O–H groups in total. The van der Waals surface area contributed by atoms with Crippen molar-refractivity contribution in [3.63, 3.8) is 0 Å². The topological polar surface area (TPSA) is 82.0 Å². The van der Waals surface area contributed by atoms with Crippen LogP contribution in [-0.4, -0.2) is 52.8 Å². The summed E-state index contributed by atoms with van der Waals surface area (Å²) in [6.45, 7) is 0.457. The molecule has 0 bridgehead atoms. The molecule has 0 amide bonds. The molecule has 0 spiro atoms. The fraction of sp³-hybridized carbons (Fsp3) is 0.538. The van der Waals surface area contributed by atoms with Crippen LogP contribution in [0.15, 0.2) is 30.3 Å². The van der Waals surface area contributed by atoms with Gasteiger partial charge in [-0.25, -0.2) is 0 Å². The molecule has 0 radical (unpaired) electrons. The van der Waals surface area contributed by atoms with Crippen molar-refractivity contribution in [1.82, 2.24) is 5.32 Å². The normalized spacial score (nSPS) is 32.4. The van der Waals surface area contributed by atoms with E-state index in [1.807, 2.05) is 30.3 Å². The Kier molecular flexibility index (Phi) is 4.68. The molecule has 18 heavy (non-hydrogen) atoms. The summed E-state index contributed by atoms with van der Waals surface area (Å²) < 4.78 is 5.57. The molecule has 0 unspecified atom stereocenters. The van der Waals surface area contributed by atoms with Gasteiger partial charge in [0.25, 0.3) is 0 Å². The van der Waals surface area contributed by atoms with Crippen LogP contribution in [0.4, 0.5) is 0 Å². The summed E-state index contributed by atoms with van der Waals surface area (Å²) in [5.74, 6) is 0. The third-order valence-corrected chi connectivity index (χ3v) is 3.20. The fourth-order valence-electron chi connectivity index (χ4n) is 2.11. The Hall–Kier alpha value is -0.980. The average molecular weight is 253 g/mol. The van der Waals surface area contributed by atoms with E-state index in [9.17, 15) is 10.2 Å². The Morgan fingerprint density at radius 2 is 1.94 bits per heavy atom. The average Bonchev–Trinajstić information content (AvgIpc) is 2.40. The van der Waals surface area contributed by atoms with Gasteiger partial charge < -0.3 is 25.4 Å². The summed E-state index contributed by atoms with van der Waals surface area (Å²) in [5.41, 5.74) is 0.982. The van der Waals surface area contributed by atoms with Gasteiger partial charge in [0.2, 0.25) is 0 Å². The predicted molar refractivity (Wildman–Crippen MR) is 65.9 cm³/mol. The minimum Gasteiger partial charge on any atom is -0.395 e. The first-order valence-corrected chi connectivity index (χ1v) is 6.08. The van der Waals surface area contributed by atoms with Gasteiger partial charge in [0.1, 0.15) is 12.2 Å². The maximum atomic E-state index is 9.97. The maximum absolute atomic E-state index is 9.97. The summed E-state index contributed by atoms with van der Waals surface area (Å²) in [4.78, 5) is 0. The second-order valence-electron chi connectivity index (χ2n) is 4.52. The summed E-state index contributed by atoms with van der Waals surface area (Å²) in [5, 5.41) is 31.7. The van der Waals surface area contributed by atoms with Crippen molar-refractivity contribution in [2.75, 3.05) is 13.2 Å². The van der Waals surface area contributed by atoms with E-state index in [2.05, 4.69) is 5.32 Å². The number of rotatable bonds is 4. The Morgan fingerprint density at radius 1 is 1.22 bits per heavy atom. The van der Waals surface area contributed by atoms with Crippen molar-refractivity contribution >= 4 is 0 Å². The van der Waals surface area contributed by atoms with Gasteiger partial charge in [-0.2, -0.15) is 0 Å². The molecular formula is C13H19NO4. The first kappa shape index (κ1) is 13.5. The third-order valence-electron chi connectivity index (χ3n) is 3.20. The molecule has 1 fully saturated rings. The van der Waals surface area contributed by atoms with Crippen molar-refractivity contribution in [2.24, 2.45) is 0 Å². The highest BCUT2D eigenvalue weighted by Gasteiger charge is 2.37. The van der Waals surface area contributed by atoms with E-state index in [1.165, 1.54) is 0 Å². The lowest BCUT2D eigenvalue weighted by Gasteiger charge is -2.37. The number of piperidine rings is 1. The number of aliphatic hydroxyl groups excluding tert-OH is 3. The Morgan fingerprint density at radius 3 is 2.61 bits per heavy atom. The van der Waals surface area contributed by atoms with Crippen LogP contribution in [0.3, 0.4) is 0 Å². The minimum absolute atomic E-state index is 0.181. The van der Waals surface area contributed by atoms with Crippen LogP contribution in [-0.2, 0) is 11.3 Å². The second-order valence-corrected chi connectivity index (χ2v) is 4.52. The van der Waals surface area contributed by atoms with E-state index in [0.717, 1.165) is 5.56 Å². The molecular weight excluding hydrogens is 234 g/mol. The molecule has 2 rings (SSSR count). The number of benzene rings is 1. The summed E-state index contributed by atoms with van der Waals surface area (Å²) in [7, 11) is 0. The van der Waals surface area contributed by atoms with Crippen LogP contribution in [0.5, 0.6) is 0 Å². The molecule has 1 aliphatic rings. The highest BCUT2D eigenvalue weighted by molar-refractivity contribution is 5.13. The van der Waals surface area contributed by atoms with Gasteiger partial charge in [0.05, 0.1) is 25.4 Å². The second kappa shape index (κ2) is 6.26. The molecule has 1 aromatic rings. The van der Waals surface area contributed by atoms with Crippen molar-refractivity contribution in [3.05, 3.63) is 35.9 Å². The number of nitrogens with one attached hydrogen (secondary N) is 1. The lowest BCUT2D eigenvalue weighted by atomic mass is 9.96. The number of hydrogen-bond acceptors (Lipinski definition) is 5. The summed E-state index contributed by atoms with van der Waals surface area (Å²) in [6, 6.07) is 9.12.